The Morgan fingerprint density at radius 3 is 2.65 bits per heavy atom. The number of nitrogens with zero attached hydrogens (tertiary/aromatic N) is 1. The van der Waals surface area contributed by atoms with Gasteiger partial charge in [0.1, 0.15) is 0 Å². The summed E-state index contributed by atoms with van der Waals surface area (Å²) in [4.78, 5) is 4.17. The van der Waals surface area contributed by atoms with Gasteiger partial charge in [0.2, 0.25) is 0 Å². The molecule has 2 nitrogen and oxygen atoms in total. The summed E-state index contributed by atoms with van der Waals surface area (Å²) in [6, 6.07) is 4.01. The second-order valence-electron chi connectivity index (χ2n) is 4.10. The van der Waals surface area contributed by atoms with E-state index in [9.17, 15) is 0 Å². The van der Waals surface area contributed by atoms with Crippen molar-refractivity contribution in [1.29, 1.82) is 0 Å². The average Bonchev–Trinajstić information content (AvgIpc) is 2.34. The molecule has 0 aliphatic carbocycles. The van der Waals surface area contributed by atoms with Crippen molar-refractivity contribution in [2.75, 3.05) is 7.05 Å². The molecule has 1 N–H and O–H groups in total. The fourth-order valence-corrected chi connectivity index (χ4v) is 1.39. The van der Waals surface area contributed by atoms with Crippen LogP contribution in [0.1, 0.15) is 25.1 Å². The summed E-state index contributed by atoms with van der Waals surface area (Å²) < 4.78 is 0. The Morgan fingerprint density at radius 2 is 2.06 bits per heavy atom. The number of pyridine rings is 1. The number of allylic oxidation sites excluding steroid dienone is 5. The van der Waals surface area contributed by atoms with Crippen molar-refractivity contribution in [2.45, 2.75) is 20.8 Å². The highest BCUT2D eigenvalue weighted by molar-refractivity contribution is 5.72. The Morgan fingerprint density at radius 1 is 1.35 bits per heavy atom. The van der Waals surface area contributed by atoms with E-state index >= 15 is 0 Å². The van der Waals surface area contributed by atoms with E-state index in [1.54, 1.807) is 0 Å². The van der Waals surface area contributed by atoms with Crippen LogP contribution in [0.4, 0.5) is 0 Å². The maximum atomic E-state index is 4.17. The van der Waals surface area contributed by atoms with Crippen molar-refractivity contribution < 1.29 is 0 Å². The standard InChI is InChI=1S/C15H20N2/c1-11(14(4)16-5)6-7-12(2)15-8-9-17-13(3)10-15/h6-10,16H,2H2,1,3-5H3/b7-6-,14-11+. The van der Waals surface area contributed by atoms with E-state index in [0.29, 0.717) is 0 Å². The predicted molar refractivity (Wildman–Crippen MR) is 74.6 cm³/mol. The number of rotatable bonds is 4. The predicted octanol–water partition coefficient (Wildman–Crippen LogP) is 3.47. The first-order valence-corrected chi connectivity index (χ1v) is 5.70. The van der Waals surface area contributed by atoms with Crippen LogP contribution >= 0.6 is 0 Å². The van der Waals surface area contributed by atoms with Gasteiger partial charge in [0.25, 0.3) is 0 Å². The lowest BCUT2D eigenvalue weighted by Gasteiger charge is -2.04. The zero-order valence-electron chi connectivity index (χ0n) is 11.0. The van der Waals surface area contributed by atoms with E-state index in [1.807, 2.05) is 38.4 Å². The van der Waals surface area contributed by atoms with E-state index in [4.69, 9.17) is 0 Å². The molecule has 0 bridgehead atoms. The molecular weight excluding hydrogens is 208 g/mol. The molecule has 1 heterocycles. The maximum Gasteiger partial charge on any atom is 0.0378 e. The SMILES string of the molecule is C=C(/C=C\C(C)=C(/C)NC)c1ccnc(C)c1. The van der Waals surface area contributed by atoms with Crippen LogP contribution in [-0.4, -0.2) is 12.0 Å². The van der Waals surface area contributed by atoms with Crippen LogP contribution in [0.5, 0.6) is 0 Å². The molecule has 2 heteroatoms. The molecule has 0 fully saturated rings. The first-order chi connectivity index (χ1) is 8.04. The second kappa shape index (κ2) is 6.04. The van der Waals surface area contributed by atoms with Gasteiger partial charge >= 0.3 is 0 Å². The second-order valence-corrected chi connectivity index (χ2v) is 4.10. The van der Waals surface area contributed by atoms with Crippen LogP contribution in [0.2, 0.25) is 0 Å². The molecule has 0 saturated heterocycles. The van der Waals surface area contributed by atoms with Crippen LogP contribution in [0.25, 0.3) is 5.57 Å². The molecule has 1 rings (SSSR count). The molecule has 0 aliphatic rings. The van der Waals surface area contributed by atoms with Gasteiger partial charge in [0, 0.05) is 24.6 Å². The summed E-state index contributed by atoms with van der Waals surface area (Å²) in [6.45, 7) is 10.2. The van der Waals surface area contributed by atoms with E-state index in [1.165, 1.54) is 11.3 Å². The largest absolute Gasteiger partial charge is 0.391 e. The highest BCUT2D eigenvalue weighted by atomic mass is 14.8. The third-order valence-corrected chi connectivity index (χ3v) is 2.77. The molecule has 0 aromatic carbocycles. The molecule has 0 amide bonds. The molecule has 0 spiro atoms. The molecular formula is C15H20N2. The van der Waals surface area contributed by atoms with Crippen molar-refractivity contribution in [3.63, 3.8) is 0 Å². The third-order valence-electron chi connectivity index (χ3n) is 2.77. The van der Waals surface area contributed by atoms with Crippen LogP contribution in [-0.2, 0) is 0 Å². The Balaban J connectivity index is 2.84. The van der Waals surface area contributed by atoms with E-state index < -0.39 is 0 Å². The molecule has 17 heavy (non-hydrogen) atoms. The molecule has 0 aliphatic heterocycles. The van der Waals surface area contributed by atoms with Crippen LogP contribution in [0.15, 0.2) is 48.3 Å². The molecule has 1 aromatic rings. The quantitative estimate of drug-likeness (QED) is 0.798. The van der Waals surface area contributed by atoms with Gasteiger partial charge in [-0.15, -0.1) is 0 Å². The summed E-state index contributed by atoms with van der Waals surface area (Å²) in [5, 5.41) is 3.13. The summed E-state index contributed by atoms with van der Waals surface area (Å²) in [5.41, 5.74) is 5.50. The van der Waals surface area contributed by atoms with E-state index in [2.05, 4.69) is 36.8 Å². The molecule has 0 atom stereocenters. The number of hydrogen-bond donors (Lipinski definition) is 1. The normalized spacial score (nSPS) is 12.5. The summed E-state index contributed by atoms with van der Waals surface area (Å²) >= 11 is 0. The molecule has 90 valence electrons. The van der Waals surface area contributed by atoms with Crippen molar-refractivity contribution in [3.8, 4) is 0 Å². The van der Waals surface area contributed by atoms with Gasteiger partial charge in [0.05, 0.1) is 0 Å². The lowest BCUT2D eigenvalue weighted by atomic mass is 10.1. The fraction of sp³-hybridized carbons (Fsp3) is 0.267. The first kappa shape index (κ1) is 13.2. The zero-order valence-corrected chi connectivity index (χ0v) is 11.0. The minimum Gasteiger partial charge on any atom is -0.391 e. The van der Waals surface area contributed by atoms with Crippen LogP contribution in [0, 0.1) is 6.92 Å². The monoisotopic (exact) mass is 228 g/mol. The van der Waals surface area contributed by atoms with E-state index in [0.717, 1.165) is 16.8 Å². The number of hydrogen-bond acceptors (Lipinski definition) is 2. The van der Waals surface area contributed by atoms with Crippen molar-refractivity contribution in [2.24, 2.45) is 0 Å². The number of aromatic nitrogens is 1. The van der Waals surface area contributed by atoms with Gasteiger partial charge in [-0.2, -0.15) is 0 Å². The van der Waals surface area contributed by atoms with Gasteiger partial charge in [-0.25, -0.2) is 0 Å². The third kappa shape index (κ3) is 3.91. The number of nitrogens with one attached hydrogen (secondary N) is 1. The van der Waals surface area contributed by atoms with Gasteiger partial charge < -0.3 is 5.32 Å². The fourth-order valence-electron chi connectivity index (χ4n) is 1.39. The Bertz CT molecular complexity index is 468. The van der Waals surface area contributed by atoms with Gasteiger partial charge in [-0.1, -0.05) is 18.7 Å². The Hall–Kier alpha value is -1.83. The lowest BCUT2D eigenvalue weighted by Crippen LogP contribution is -2.03. The average molecular weight is 228 g/mol. The lowest BCUT2D eigenvalue weighted by molar-refractivity contribution is 0.969. The minimum absolute atomic E-state index is 0.999. The summed E-state index contributed by atoms with van der Waals surface area (Å²) in [5.74, 6) is 0. The van der Waals surface area contributed by atoms with E-state index in [-0.39, 0.29) is 0 Å². The summed E-state index contributed by atoms with van der Waals surface area (Å²) in [7, 11) is 1.92. The molecule has 0 unspecified atom stereocenters. The van der Waals surface area contributed by atoms with Gasteiger partial charge in [-0.3, -0.25) is 4.98 Å². The number of aryl methyl sites for hydroxylation is 1. The van der Waals surface area contributed by atoms with Crippen molar-refractivity contribution in [3.05, 3.63) is 59.6 Å². The Kier molecular flexibility index (Phi) is 4.70. The smallest absolute Gasteiger partial charge is 0.0378 e. The molecule has 1 aromatic heterocycles. The summed E-state index contributed by atoms with van der Waals surface area (Å²) in [6.07, 6.45) is 5.92. The minimum atomic E-state index is 0.999. The van der Waals surface area contributed by atoms with Gasteiger partial charge in [-0.05, 0) is 49.6 Å². The molecule has 0 saturated carbocycles. The van der Waals surface area contributed by atoms with Crippen LogP contribution < -0.4 is 5.32 Å². The van der Waals surface area contributed by atoms with Crippen LogP contribution in [0.3, 0.4) is 0 Å². The maximum absolute atomic E-state index is 4.17. The van der Waals surface area contributed by atoms with Crippen molar-refractivity contribution in [1.82, 2.24) is 10.3 Å². The first-order valence-electron chi connectivity index (χ1n) is 5.70. The zero-order chi connectivity index (χ0) is 12.8. The highest BCUT2D eigenvalue weighted by Gasteiger charge is 1.96. The Labute approximate surface area is 104 Å². The molecule has 0 radical (unpaired) electrons. The van der Waals surface area contributed by atoms with Gasteiger partial charge in [0.15, 0.2) is 0 Å². The highest BCUT2D eigenvalue weighted by Crippen LogP contribution is 2.15. The van der Waals surface area contributed by atoms with Crippen molar-refractivity contribution >= 4 is 5.57 Å². The topological polar surface area (TPSA) is 24.9 Å².